The minimum atomic E-state index is 0.0504. The van der Waals surface area contributed by atoms with Gasteiger partial charge in [-0.05, 0) is 25.2 Å². The summed E-state index contributed by atoms with van der Waals surface area (Å²) in [6.45, 7) is 3.04. The van der Waals surface area contributed by atoms with Gasteiger partial charge in [-0.1, -0.05) is 19.8 Å². The van der Waals surface area contributed by atoms with Gasteiger partial charge < -0.3 is 10.5 Å². The first-order valence-electron chi connectivity index (χ1n) is 5.18. The van der Waals surface area contributed by atoms with Crippen LogP contribution in [0.15, 0.2) is 4.99 Å². The second-order valence-corrected chi connectivity index (χ2v) is 4.50. The molecule has 1 aliphatic carbocycles. The van der Waals surface area contributed by atoms with Crippen molar-refractivity contribution in [3.8, 4) is 0 Å². The van der Waals surface area contributed by atoms with Crippen LogP contribution in [-0.4, -0.2) is 18.2 Å². The van der Waals surface area contributed by atoms with E-state index in [1.54, 1.807) is 0 Å². The van der Waals surface area contributed by atoms with Gasteiger partial charge in [0.15, 0.2) is 0 Å². The summed E-state index contributed by atoms with van der Waals surface area (Å²) < 4.78 is 5.26. The monoisotopic (exact) mass is 182 g/mol. The van der Waals surface area contributed by atoms with Crippen LogP contribution in [0.25, 0.3) is 0 Å². The maximum atomic E-state index is 5.55. The first-order valence-corrected chi connectivity index (χ1v) is 5.18. The Morgan fingerprint density at radius 3 is 3.00 bits per heavy atom. The van der Waals surface area contributed by atoms with E-state index in [0.29, 0.717) is 12.6 Å². The van der Waals surface area contributed by atoms with Crippen molar-refractivity contribution in [2.24, 2.45) is 16.6 Å². The SMILES string of the molecule is CC1CCCC2(CC1)COC(N)=N2. The van der Waals surface area contributed by atoms with Gasteiger partial charge in [0.1, 0.15) is 12.1 Å². The number of amidine groups is 1. The predicted molar refractivity (Wildman–Crippen MR) is 52.6 cm³/mol. The summed E-state index contributed by atoms with van der Waals surface area (Å²) >= 11 is 0. The topological polar surface area (TPSA) is 47.6 Å². The Hall–Kier alpha value is -0.730. The maximum absolute atomic E-state index is 5.55. The quantitative estimate of drug-likeness (QED) is 0.619. The van der Waals surface area contributed by atoms with Crippen molar-refractivity contribution in [2.45, 2.75) is 44.6 Å². The number of rotatable bonds is 0. The van der Waals surface area contributed by atoms with Gasteiger partial charge in [0.05, 0.1) is 0 Å². The normalized spacial score (nSPS) is 39.8. The molecular formula is C10H18N2O. The molecule has 3 nitrogen and oxygen atoms in total. The Balaban J connectivity index is 2.06. The maximum Gasteiger partial charge on any atom is 0.282 e. The van der Waals surface area contributed by atoms with Gasteiger partial charge in [0.2, 0.25) is 0 Å². The highest BCUT2D eigenvalue weighted by molar-refractivity contribution is 5.73. The lowest BCUT2D eigenvalue weighted by molar-refractivity contribution is 0.233. The third-order valence-electron chi connectivity index (χ3n) is 3.28. The van der Waals surface area contributed by atoms with Gasteiger partial charge in [-0.3, -0.25) is 0 Å². The number of hydrogen-bond acceptors (Lipinski definition) is 3. The molecule has 2 atom stereocenters. The van der Waals surface area contributed by atoms with Crippen LogP contribution in [0, 0.1) is 5.92 Å². The molecule has 0 aromatic carbocycles. The number of ether oxygens (including phenoxy) is 1. The first-order chi connectivity index (χ1) is 6.20. The number of nitrogens with zero attached hydrogens (tertiary/aromatic N) is 1. The van der Waals surface area contributed by atoms with E-state index in [4.69, 9.17) is 10.5 Å². The molecule has 0 bridgehead atoms. The van der Waals surface area contributed by atoms with Gasteiger partial charge in [-0.2, -0.15) is 0 Å². The second kappa shape index (κ2) is 3.20. The Labute approximate surface area is 79.4 Å². The molecule has 2 aliphatic rings. The van der Waals surface area contributed by atoms with E-state index in [1.165, 1.54) is 19.3 Å². The molecule has 13 heavy (non-hydrogen) atoms. The van der Waals surface area contributed by atoms with Crippen LogP contribution in [0.3, 0.4) is 0 Å². The van der Waals surface area contributed by atoms with Crippen LogP contribution in [0.4, 0.5) is 0 Å². The highest BCUT2D eigenvalue weighted by Gasteiger charge is 2.37. The van der Waals surface area contributed by atoms with E-state index < -0.39 is 0 Å². The lowest BCUT2D eigenvalue weighted by Crippen LogP contribution is -2.27. The zero-order valence-electron chi connectivity index (χ0n) is 8.25. The fraction of sp³-hybridized carbons (Fsp3) is 0.900. The largest absolute Gasteiger partial charge is 0.463 e. The van der Waals surface area contributed by atoms with Crippen LogP contribution in [-0.2, 0) is 4.74 Å². The fourth-order valence-corrected chi connectivity index (χ4v) is 2.33. The van der Waals surface area contributed by atoms with Crippen molar-refractivity contribution < 1.29 is 4.74 Å². The molecule has 74 valence electrons. The van der Waals surface area contributed by atoms with E-state index in [-0.39, 0.29) is 5.54 Å². The highest BCUT2D eigenvalue weighted by atomic mass is 16.5. The molecule has 1 spiro atoms. The number of nitrogens with two attached hydrogens (primary N) is 1. The van der Waals surface area contributed by atoms with Gasteiger partial charge in [-0.15, -0.1) is 0 Å². The molecule has 0 amide bonds. The average Bonchev–Trinajstić information content (AvgIpc) is 2.35. The third kappa shape index (κ3) is 1.79. The standard InChI is InChI=1S/C10H18N2O/c1-8-3-2-5-10(6-4-8)7-13-9(11)12-10/h8H,2-7H2,1H3,(H2,11,12). The lowest BCUT2D eigenvalue weighted by Gasteiger charge is -2.21. The van der Waals surface area contributed by atoms with Crippen molar-refractivity contribution in [1.82, 2.24) is 0 Å². The summed E-state index contributed by atoms with van der Waals surface area (Å²) in [4.78, 5) is 4.45. The second-order valence-electron chi connectivity index (χ2n) is 4.50. The van der Waals surface area contributed by atoms with Gasteiger partial charge in [0.25, 0.3) is 6.02 Å². The molecular weight excluding hydrogens is 164 g/mol. The Morgan fingerprint density at radius 2 is 2.31 bits per heavy atom. The minimum absolute atomic E-state index is 0.0504. The van der Waals surface area contributed by atoms with Crippen LogP contribution in [0.5, 0.6) is 0 Å². The van der Waals surface area contributed by atoms with Crippen LogP contribution in [0.1, 0.15) is 39.0 Å². The highest BCUT2D eigenvalue weighted by Crippen LogP contribution is 2.35. The van der Waals surface area contributed by atoms with Crippen LogP contribution < -0.4 is 5.73 Å². The summed E-state index contributed by atoms with van der Waals surface area (Å²) in [5.74, 6) is 0.844. The zero-order chi connectivity index (χ0) is 9.31. The molecule has 3 heteroatoms. The Bertz CT molecular complexity index is 227. The fourth-order valence-electron chi connectivity index (χ4n) is 2.33. The molecule has 2 unspecified atom stereocenters. The van der Waals surface area contributed by atoms with E-state index in [1.807, 2.05) is 0 Å². The van der Waals surface area contributed by atoms with Crippen molar-refractivity contribution in [3.63, 3.8) is 0 Å². The number of hydrogen-bond donors (Lipinski definition) is 1. The predicted octanol–water partition coefficient (Wildman–Crippen LogP) is 1.67. The molecule has 0 radical (unpaired) electrons. The Morgan fingerprint density at radius 1 is 1.46 bits per heavy atom. The van der Waals surface area contributed by atoms with Gasteiger partial charge in [0, 0.05) is 0 Å². The van der Waals surface area contributed by atoms with E-state index in [2.05, 4.69) is 11.9 Å². The summed E-state index contributed by atoms with van der Waals surface area (Å²) in [6.07, 6.45) is 6.16. The van der Waals surface area contributed by atoms with Crippen molar-refractivity contribution in [2.75, 3.05) is 6.61 Å². The molecule has 0 saturated heterocycles. The van der Waals surface area contributed by atoms with Crippen molar-refractivity contribution in [1.29, 1.82) is 0 Å². The van der Waals surface area contributed by atoms with Crippen LogP contribution in [0.2, 0.25) is 0 Å². The molecule has 0 aromatic heterocycles. The van der Waals surface area contributed by atoms with E-state index in [9.17, 15) is 0 Å². The molecule has 2 N–H and O–H groups in total. The first kappa shape index (κ1) is 8.85. The molecule has 0 aromatic rings. The zero-order valence-corrected chi connectivity index (χ0v) is 8.25. The Kier molecular flexibility index (Phi) is 2.18. The molecule has 1 fully saturated rings. The lowest BCUT2D eigenvalue weighted by atomic mass is 9.92. The molecule has 2 rings (SSSR count). The van der Waals surface area contributed by atoms with Crippen molar-refractivity contribution >= 4 is 6.02 Å². The minimum Gasteiger partial charge on any atom is -0.463 e. The molecule has 1 aliphatic heterocycles. The van der Waals surface area contributed by atoms with Crippen LogP contribution >= 0.6 is 0 Å². The van der Waals surface area contributed by atoms with Crippen molar-refractivity contribution in [3.05, 3.63) is 0 Å². The molecule has 1 saturated carbocycles. The van der Waals surface area contributed by atoms with Gasteiger partial charge >= 0.3 is 0 Å². The summed E-state index contributed by atoms with van der Waals surface area (Å²) in [7, 11) is 0. The summed E-state index contributed by atoms with van der Waals surface area (Å²) in [6, 6.07) is 0.398. The smallest absolute Gasteiger partial charge is 0.282 e. The average molecular weight is 182 g/mol. The number of aliphatic imine (C=N–C) groups is 1. The summed E-state index contributed by atoms with van der Waals surface area (Å²) in [5.41, 5.74) is 5.60. The van der Waals surface area contributed by atoms with Gasteiger partial charge in [-0.25, -0.2) is 4.99 Å². The van der Waals surface area contributed by atoms with E-state index in [0.717, 1.165) is 18.8 Å². The van der Waals surface area contributed by atoms with E-state index >= 15 is 0 Å². The summed E-state index contributed by atoms with van der Waals surface area (Å²) in [5, 5.41) is 0. The third-order valence-corrected chi connectivity index (χ3v) is 3.28. The molecule has 1 heterocycles.